The highest BCUT2D eigenvalue weighted by molar-refractivity contribution is 5.44. The fourth-order valence-corrected chi connectivity index (χ4v) is 3.56. The summed E-state index contributed by atoms with van der Waals surface area (Å²) >= 11 is 0. The Bertz CT molecular complexity index is 585. The molecule has 1 aliphatic carbocycles. The molecule has 1 fully saturated rings. The Hall–Kier alpha value is -1.89. The van der Waals surface area contributed by atoms with Crippen molar-refractivity contribution >= 4 is 6.29 Å². The van der Waals surface area contributed by atoms with Gasteiger partial charge >= 0.3 is 0 Å². The number of benzene rings is 2. The van der Waals surface area contributed by atoms with Gasteiger partial charge in [0.1, 0.15) is 6.29 Å². The highest BCUT2D eigenvalue weighted by Crippen LogP contribution is 2.34. The maximum absolute atomic E-state index is 8.81. The van der Waals surface area contributed by atoms with Gasteiger partial charge < -0.3 is 4.79 Å². The van der Waals surface area contributed by atoms with Gasteiger partial charge in [-0.25, -0.2) is 0 Å². The summed E-state index contributed by atoms with van der Waals surface area (Å²) in [4.78, 5) is 8.81. The van der Waals surface area contributed by atoms with Crippen molar-refractivity contribution in [2.75, 3.05) is 0 Å². The van der Waals surface area contributed by atoms with Crippen molar-refractivity contribution in [2.24, 2.45) is 5.92 Å². The quantitative estimate of drug-likeness (QED) is 0.488. The lowest BCUT2D eigenvalue weighted by molar-refractivity contribution is -0.106. The fraction of sp³-hybridized carbons (Fsp3) is 0.435. The van der Waals surface area contributed by atoms with Crippen LogP contribution in [0.1, 0.15) is 68.6 Å². The van der Waals surface area contributed by atoms with Crippen LogP contribution in [0.5, 0.6) is 0 Å². The Labute approximate surface area is 147 Å². The number of hydrogen-bond donors (Lipinski definition) is 0. The first-order chi connectivity index (χ1) is 11.7. The zero-order valence-electron chi connectivity index (χ0n) is 15.1. The van der Waals surface area contributed by atoms with Crippen molar-refractivity contribution in [1.29, 1.82) is 0 Å². The summed E-state index contributed by atoms with van der Waals surface area (Å²) in [5.74, 6) is 1.72. The molecule has 0 saturated heterocycles. The van der Waals surface area contributed by atoms with Crippen molar-refractivity contribution in [1.82, 2.24) is 0 Å². The van der Waals surface area contributed by atoms with Gasteiger partial charge in [-0.3, -0.25) is 0 Å². The van der Waals surface area contributed by atoms with Gasteiger partial charge in [0.25, 0.3) is 0 Å². The highest BCUT2D eigenvalue weighted by atomic mass is 16.1. The first-order valence-corrected chi connectivity index (χ1v) is 9.25. The lowest BCUT2D eigenvalue weighted by atomic mass is 9.90. The molecule has 1 heteroatoms. The van der Waals surface area contributed by atoms with Crippen LogP contribution in [0, 0.1) is 5.92 Å². The van der Waals surface area contributed by atoms with E-state index in [1.807, 2.05) is 0 Å². The van der Waals surface area contributed by atoms with Crippen LogP contribution in [0.2, 0.25) is 0 Å². The molecule has 3 rings (SSSR count). The fourth-order valence-electron chi connectivity index (χ4n) is 3.56. The predicted molar refractivity (Wildman–Crippen MR) is 102 cm³/mol. The molecule has 0 aromatic heterocycles. The molecule has 1 nitrogen and oxygen atoms in total. The smallest absolute Gasteiger partial charge is 0.116 e. The summed E-state index contributed by atoms with van der Waals surface area (Å²) in [5, 5.41) is 0. The van der Waals surface area contributed by atoms with Crippen LogP contribution in [0.15, 0.2) is 54.6 Å². The van der Waals surface area contributed by atoms with E-state index in [0.717, 1.165) is 24.5 Å². The topological polar surface area (TPSA) is 17.1 Å². The SMILES string of the molecule is CC1CCCC(c2ccc(Cc3ccccc3)cc2)CC1.CC=O. The van der Waals surface area contributed by atoms with Crippen LogP contribution in [0.3, 0.4) is 0 Å². The van der Waals surface area contributed by atoms with E-state index in [2.05, 4.69) is 61.5 Å². The molecule has 0 N–H and O–H groups in total. The molecule has 128 valence electrons. The zero-order chi connectivity index (χ0) is 17.2. The molecule has 1 aliphatic rings. The van der Waals surface area contributed by atoms with Gasteiger partial charge in [-0.05, 0) is 54.7 Å². The van der Waals surface area contributed by atoms with Gasteiger partial charge in [-0.15, -0.1) is 0 Å². The Morgan fingerprint density at radius 1 is 0.875 bits per heavy atom. The molecule has 0 bridgehead atoms. The number of rotatable bonds is 3. The summed E-state index contributed by atoms with van der Waals surface area (Å²) < 4.78 is 0. The van der Waals surface area contributed by atoms with Crippen LogP contribution >= 0.6 is 0 Å². The van der Waals surface area contributed by atoms with Crippen LogP contribution in [0.4, 0.5) is 0 Å². The van der Waals surface area contributed by atoms with Crippen LogP contribution in [0.25, 0.3) is 0 Å². The maximum atomic E-state index is 8.81. The van der Waals surface area contributed by atoms with E-state index in [1.165, 1.54) is 50.2 Å². The third kappa shape index (κ3) is 5.96. The number of carbonyl (C=O) groups is 1. The molecular formula is C23H30O. The summed E-state index contributed by atoms with van der Waals surface area (Å²) in [7, 11) is 0. The molecule has 2 atom stereocenters. The van der Waals surface area contributed by atoms with E-state index in [9.17, 15) is 0 Å². The molecule has 0 aliphatic heterocycles. The second kappa shape index (κ2) is 10.1. The third-order valence-corrected chi connectivity index (χ3v) is 4.96. The van der Waals surface area contributed by atoms with Gasteiger partial charge in [-0.2, -0.15) is 0 Å². The van der Waals surface area contributed by atoms with Gasteiger partial charge in [-0.1, -0.05) is 80.8 Å². The molecule has 2 aromatic carbocycles. The average Bonchev–Trinajstić information content (AvgIpc) is 2.82. The Balaban J connectivity index is 0.000000647. The summed E-state index contributed by atoms with van der Waals surface area (Å²) in [5.41, 5.74) is 4.38. The normalized spacial score (nSPS) is 20.4. The number of carbonyl (C=O) groups excluding carboxylic acids is 1. The lowest BCUT2D eigenvalue weighted by Gasteiger charge is -2.15. The minimum Gasteiger partial charge on any atom is -0.304 e. The van der Waals surface area contributed by atoms with Crippen molar-refractivity contribution in [2.45, 2.75) is 58.3 Å². The summed E-state index contributed by atoms with van der Waals surface area (Å²) in [6.45, 7) is 3.85. The molecule has 2 aromatic rings. The second-order valence-corrected chi connectivity index (χ2v) is 6.95. The van der Waals surface area contributed by atoms with E-state index in [0.29, 0.717) is 0 Å². The van der Waals surface area contributed by atoms with Gasteiger partial charge in [0.15, 0.2) is 0 Å². The summed E-state index contributed by atoms with van der Waals surface area (Å²) in [6.07, 6.45) is 8.76. The molecule has 0 amide bonds. The van der Waals surface area contributed by atoms with Crippen LogP contribution in [-0.4, -0.2) is 6.29 Å². The van der Waals surface area contributed by atoms with E-state index >= 15 is 0 Å². The standard InChI is InChI=1S/C21H26.C2H4O/c1-17-6-5-9-20(13-10-17)21-14-11-19(12-15-21)16-18-7-3-2-4-8-18;1-2-3/h2-4,7-8,11-12,14-15,17,20H,5-6,9-10,13,16H2,1H3;2H,1H3. The highest BCUT2D eigenvalue weighted by Gasteiger charge is 2.17. The first-order valence-electron chi connectivity index (χ1n) is 9.25. The molecule has 0 spiro atoms. The molecule has 2 unspecified atom stereocenters. The van der Waals surface area contributed by atoms with Crippen LogP contribution < -0.4 is 0 Å². The lowest BCUT2D eigenvalue weighted by Crippen LogP contribution is -1.98. The first kappa shape index (κ1) is 18.4. The molecule has 0 radical (unpaired) electrons. The van der Waals surface area contributed by atoms with Crippen molar-refractivity contribution in [3.8, 4) is 0 Å². The van der Waals surface area contributed by atoms with E-state index in [-0.39, 0.29) is 0 Å². The van der Waals surface area contributed by atoms with Crippen molar-refractivity contribution in [3.63, 3.8) is 0 Å². The zero-order valence-corrected chi connectivity index (χ0v) is 15.1. The van der Waals surface area contributed by atoms with Gasteiger partial charge in [0, 0.05) is 0 Å². The largest absolute Gasteiger partial charge is 0.304 e. The predicted octanol–water partition coefficient (Wildman–Crippen LogP) is 6.17. The average molecular weight is 322 g/mol. The molecule has 1 saturated carbocycles. The number of aldehydes is 1. The Kier molecular flexibility index (Phi) is 7.74. The van der Waals surface area contributed by atoms with E-state index in [4.69, 9.17) is 4.79 Å². The monoisotopic (exact) mass is 322 g/mol. The van der Waals surface area contributed by atoms with E-state index in [1.54, 1.807) is 5.56 Å². The minimum atomic E-state index is 0.750. The molecule has 24 heavy (non-hydrogen) atoms. The Morgan fingerprint density at radius 3 is 2.17 bits per heavy atom. The van der Waals surface area contributed by atoms with E-state index < -0.39 is 0 Å². The second-order valence-electron chi connectivity index (χ2n) is 6.95. The van der Waals surface area contributed by atoms with Gasteiger partial charge in [0.05, 0.1) is 0 Å². The van der Waals surface area contributed by atoms with Crippen molar-refractivity contribution in [3.05, 3.63) is 71.3 Å². The minimum absolute atomic E-state index is 0.750. The summed E-state index contributed by atoms with van der Waals surface area (Å²) in [6, 6.07) is 20.2. The van der Waals surface area contributed by atoms with Crippen molar-refractivity contribution < 1.29 is 4.79 Å². The molecular weight excluding hydrogens is 292 g/mol. The van der Waals surface area contributed by atoms with Crippen LogP contribution in [-0.2, 0) is 11.2 Å². The third-order valence-electron chi connectivity index (χ3n) is 4.96. The number of hydrogen-bond acceptors (Lipinski definition) is 1. The maximum Gasteiger partial charge on any atom is 0.116 e. The molecule has 0 heterocycles. The Morgan fingerprint density at radius 2 is 1.50 bits per heavy atom. The van der Waals surface area contributed by atoms with Gasteiger partial charge in [0.2, 0.25) is 0 Å².